The summed E-state index contributed by atoms with van der Waals surface area (Å²) in [5.41, 5.74) is -0.454. The van der Waals surface area contributed by atoms with Crippen molar-refractivity contribution in [3.8, 4) is 0 Å². The number of unbranched alkanes of at least 4 members (excludes halogenated alkanes) is 7. The van der Waals surface area contributed by atoms with Gasteiger partial charge in [-0.25, -0.2) is 4.79 Å². The van der Waals surface area contributed by atoms with Crippen LogP contribution in [-0.2, 0) is 9.47 Å². The first-order valence-electron chi connectivity index (χ1n) is 10.2. The summed E-state index contributed by atoms with van der Waals surface area (Å²) in [5, 5.41) is 3.48. The molecule has 0 aliphatic carbocycles. The van der Waals surface area contributed by atoms with Gasteiger partial charge in [0, 0.05) is 13.1 Å². The average molecular weight is 357 g/mol. The molecule has 1 unspecified atom stereocenters. The lowest BCUT2D eigenvalue weighted by Crippen LogP contribution is -2.54. The average Bonchev–Trinajstić information content (AvgIpc) is 2.55. The predicted octanol–water partition coefficient (Wildman–Crippen LogP) is 4.35. The molecule has 0 radical (unpaired) electrons. The number of ether oxygens (including phenoxy) is 2. The third-order valence-electron chi connectivity index (χ3n) is 4.44. The van der Waals surface area contributed by atoms with Crippen molar-refractivity contribution in [2.45, 2.75) is 90.7 Å². The summed E-state index contributed by atoms with van der Waals surface area (Å²) in [5.74, 6) is 0. The Balaban J connectivity index is 2.14. The summed E-state index contributed by atoms with van der Waals surface area (Å²) in [4.78, 5) is 14.1. The number of carbonyl (C=O) groups excluding carboxylic acids is 1. The summed E-state index contributed by atoms with van der Waals surface area (Å²) >= 11 is 0. The van der Waals surface area contributed by atoms with Crippen molar-refractivity contribution < 1.29 is 14.3 Å². The Labute approximate surface area is 154 Å². The second-order valence-corrected chi connectivity index (χ2v) is 8.08. The number of amides is 1. The van der Waals surface area contributed by atoms with Gasteiger partial charge in [0.1, 0.15) is 5.60 Å². The van der Waals surface area contributed by atoms with E-state index in [2.05, 4.69) is 12.2 Å². The normalized spacial score (nSPS) is 18.4. The number of morpholine rings is 1. The zero-order valence-corrected chi connectivity index (χ0v) is 16.9. The van der Waals surface area contributed by atoms with Crippen molar-refractivity contribution in [1.82, 2.24) is 10.2 Å². The minimum atomic E-state index is -0.454. The van der Waals surface area contributed by atoms with E-state index in [1.54, 1.807) is 0 Å². The van der Waals surface area contributed by atoms with Gasteiger partial charge in [-0.1, -0.05) is 51.9 Å². The van der Waals surface area contributed by atoms with Crippen molar-refractivity contribution in [3.63, 3.8) is 0 Å². The van der Waals surface area contributed by atoms with Crippen molar-refractivity contribution in [2.75, 3.05) is 32.8 Å². The lowest BCUT2D eigenvalue weighted by molar-refractivity contribution is -0.0316. The molecule has 0 bridgehead atoms. The summed E-state index contributed by atoms with van der Waals surface area (Å²) in [6.07, 6.45) is 10.4. The van der Waals surface area contributed by atoms with Crippen molar-refractivity contribution >= 4 is 6.09 Å². The maximum atomic E-state index is 12.3. The zero-order valence-electron chi connectivity index (χ0n) is 16.9. The maximum Gasteiger partial charge on any atom is 0.410 e. The van der Waals surface area contributed by atoms with Gasteiger partial charge in [0.25, 0.3) is 0 Å². The first-order chi connectivity index (χ1) is 11.9. The molecule has 1 atom stereocenters. The predicted molar refractivity (Wildman–Crippen MR) is 103 cm³/mol. The molecule has 1 aliphatic rings. The number of nitrogens with one attached hydrogen (secondary N) is 1. The van der Waals surface area contributed by atoms with Crippen LogP contribution in [0.5, 0.6) is 0 Å². The minimum Gasteiger partial charge on any atom is -0.444 e. The monoisotopic (exact) mass is 356 g/mol. The smallest absolute Gasteiger partial charge is 0.410 e. The number of rotatable bonds is 11. The third-order valence-corrected chi connectivity index (χ3v) is 4.44. The van der Waals surface area contributed by atoms with Crippen LogP contribution in [0.1, 0.15) is 79.1 Å². The lowest BCUT2D eigenvalue weighted by atomic mass is 10.1. The Morgan fingerprint density at radius 2 is 1.76 bits per heavy atom. The molecule has 148 valence electrons. The standard InChI is InChI=1S/C20H40N2O3/c1-5-6-7-8-9-10-11-12-13-21-16-18-17-24-15-14-22(18)19(23)25-20(2,3)4/h18,21H,5-17H2,1-4H3. The molecular formula is C20H40N2O3. The van der Waals surface area contributed by atoms with Crippen LogP contribution in [0.4, 0.5) is 4.79 Å². The Kier molecular flexibility index (Phi) is 11.1. The molecule has 25 heavy (non-hydrogen) atoms. The molecule has 0 aromatic heterocycles. The minimum absolute atomic E-state index is 0.0673. The second-order valence-electron chi connectivity index (χ2n) is 8.08. The molecule has 0 saturated carbocycles. The first kappa shape index (κ1) is 22.2. The van der Waals surface area contributed by atoms with E-state index in [1.807, 2.05) is 25.7 Å². The summed E-state index contributed by atoms with van der Waals surface area (Å²) in [6, 6.07) is 0.0673. The molecule has 0 aromatic carbocycles. The van der Waals surface area contributed by atoms with E-state index < -0.39 is 5.60 Å². The molecule has 1 N–H and O–H groups in total. The van der Waals surface area contributed by atoms with E-state index >= 15 is 0 Å². The van der Waals surface area contributed by atoms with Crippen LogP contribution >= 0.6 is 0 Å². The number of hydrogen-bond acceptors (Lipinski definition) is 4. The third kappa shape index (κ3) is 10.7. The van der Waals surface area contributed by atoms with E-state index in [0.717, 1.165) is 13.1 Å². The van der Waals surface area contributed by atoms with Crippen molar-refractivity contribution in [3.05, 3.63) is 0 Å². The Morgan fingerprint density at radius 1 is 1.12 bits per heavy atom. The highest BCUT2D eigenvalue weighted by atomic mass is 16.6. The van der Waals surface area contributed by atoms with Gasteiger partial charge in [0.15, 0.2) is 0 Å². The SMILES string of the molecule is CCCCCCCCCCNCC1COCCN1C(=O)OC(C)(C)C. The highest BCUT2D eigenvalue weighted by Crippen LogP contribution is 2.14. The fraction of sp³-hybridized carbons (Fsp3) is 0.950. The molecule has 1 heterocycles. The lowest BCUT2D eigenvalue weighted by Gasteiger charge is -2.36. The van der Waals surface area contributed by atoms with Crippen LogP contribution in [0, 0.1) is 0 Å². The molecule has 1 amide bonds. The van der Waals surface area contributed by atoms with Gasteiger partial charge in [0.2, 0.25) is 0 Å². The van der Waals surface area contributed by atoms with Gasteiger partial charge in [-0.15, -0.1) is 0 Å². The highest BCUT2D eigenvalue weighted by molar-refractivity contribution is 5.68. The van der Waals surface area contributed by atoms with Crippen LogP contribution in [0.2, 0.25) is 0 Å². The molecule has 1 fully saturated rings. The molecule has 1 saturated heterocycles. The first-order valence-corrected chi connectivity index (χ1v) is 10.2. The van der Waals surface area contributed by atoms with E-state index in [0.29, 0.717) is 19.8 Å². The largest absolute Gasteiger partial charge is 0.444 e. The van der Waals surface area contributed by atoms with Crippen LogP contribution in [0.3, 0.4) is 0 Å². The van der Waals surface area contributed by atoms with Crippen molar-refractivity contribution in [1.29, 1.82) is 0 Å². The Morgan fingerprint density at radius 3 is 2.40 bits per heavy atom. The molecular weight excluding hydrogens is 316 g/mol. The quantitative estimate of drug-likeness (QED) is 0.559. The summed E-state index contributed by atoms with van der Waals surface area (Å²) < 4.78 is 11.1. The van der Waals surface area contributed by atoms with Gasteiger partial charge in [-0.2, -0.15) is 0 Å². The number of hydrogen-bond donors (Lipinski definition) is 1. The molecule has 0 aromatic rings. The van der Waals surface area contributed by atoms with E-state index in [4.69, 9.17) is 9.47 Å². The van der Waals surface area contributed by atoms with Gasteiger partial charge in [-0.05, 0) is 33.7 Å². The van der Waals surface area contributed by atoms with E-state index in [9.17, 15) is 4.79 Å². The zero-order chi connectivity index (χ0) is 18.5. The van der Waals surface area contributed by atoms with Crippen LogP contribution in [-0.4, -0.2) is 55.5 Å². The number of carbonyl (C=O) groups is 1. The summed E-state index contributed by atoms with van der Waals surface area (Å²) in [7, 11) is 0. The summed E-state index contributed by atoms with van der Waals surface area (Å²) in [6.45, 7) is 11.5. The molecule has 1 rings (SSSR count). The van der Waals surface area contributed by atoms with Gasteiger partial charge in [-0.3, -0.25) is 4.90 Å². The molecule has 1 aliphatic heterocycles. The van der Waals surface area contributed by atoms with Gasteiger partial charge < -0.3 is 14.8 Å². The molecule has 5 nitrogen and oxygen atoms in total. The van der Waals surface area contributed by atoms with E-state index in [1.165, 1.54) is 51.4 Å². The maximum absolute atomic E-state index is 12.3. The fourth-order valence-electron chi connectivity index (χ4n) is 3.04. The Hall–Kier alpha value is -0.810. The van der Waals surface area contributed by atoms with Gasteiger partial charge in [0.05, 0.1) is 19.3 Å². The topological polar surface area (TPSA) is 50.8 Å². The fourth-order valence-corrected chi connectivity index (χ4v) is 3.04. The number of nitrogens with zero attached hydrogens (tertiary/aromatic N) is 1. The van der Waals surface area contributed by atoms with Gasteiger partial charge >= 0.3 is 6.09 Å². The van der Waals surface area contributed by atoms with Crippen LogP contribution < -0.4 is 5.32 Å². The van der Waals surface area contributed by atoms with Crippen LogP contribution in [0.15, 0.2) is 0 Å². The Bertz CT molecular complexity index is 355. The second kappa shape index (κ2) is 12.5. The highest BCUT2D eigenvalue weighted by Gasteiger charge is 2.30. The van der Waals surface area contributed by atoms with Crippen LogP contribution in [0.25, 0.3) is 0 Å². The van der Waals surface area contributed by atoms with Crippen molar-refractivity contribution in [2.24, 2.45) is 0 Å². The molecule has 5 heteroatoms. The van der Waals surface area contributed by atoms with E-state index in [-0.39, 0.29) is 12.1 Å². The molecule has 0 spiro atoms.